The highest BCUT2D eigenvalue weighted by Gasteiger charge is 2.41. The van der Waals surface area contributed by atoms with Crippen molar-refractivity contribution in [2.24, 2.45) is 0 Å². The standard InChI is InChI=1S/C11H20N2O4S/c1-18(16,17)13-7-3-5-10(13)11(15)12-6-2-4-9(12)8-14/h9-10,14H,2-8H2,1H3/t9-,10?/m0/s1. The Hall–Kier alpha value is -0.660. The molecule has 2 atom stereocenters. The molecule has 1 unspecified atom stereocenters. The van der Waals surface area contributed by atoms with Crippen molar-refractivity contribution in [1.29, 1.82) is 0 Å². The summed E-state index contributed by atoms with van der Waals surface area (Å²) >= 11 is 0. The van der Waals surface area contributed by atoms with E-state index >= 15 is 0 Å². The molecule has 0 aliphatic carbocycles. The monoisotopic (exact) mass is 276 g/mol. The summed E-state index contributed by atoms with van der Waals surface area (Å²) in [6, 6.07) is -0.702. The Morgan fingerprint density at radius 3 is 2.56 bits per heavy atom. The number of likely N-dealkylation sites (tertiary alicyclic amines) is 1. The normalized spacial score (nSPS) is 30.0. The molecular weight excluding hydrogens is 256 g/mol. The number of nitrogens with zero attached hydrogens (tertiary/aromatic N) is 2. The fourth-order valence-electron chi connectivity index (χ4n) is 2.89. The van der Waals surface area contributed by atoms with Gasteiger partial charge >= 0.3 is 0 Å². The lowest BCUT2D eigenvalue weighted by molar-refractivity contribution is -0.136. The molecule has 0 aromatic heterocycles. The van der Waals surface area contributed by atoms with E-state index in [-0.39, 0.29) is 18.6 Å². The highest BCUT2D eigenvalue weighted by Crippen LogP contribution is 2.26. The average molecular weight is 276 g/mol. The zero-order chi connectivity index (χ0) is 13.3. The molecule has 0 saturated carbocycles. The maximum Gasteiger partial charge on any atom is 0.241 e. The number of aliphatic hydroxyl groups is 1. The number of rotatable bonds is 3. The van der Waals surface area contributed by atoms with Crippen LogP contribution in [0.15, 0.2) is 0 Å². The van der Waals surface area contributed by atoms with Crippen molar-refractivity contribution in [2.45, 2.75) is 37.8 Å². The van der Waals surface area contributed by atoms with E-state index < -0.39 is 16.1 Å². The first-order valence-electron chi connectivity index (χ1n) is 6.33. The zero-order valence-corrected chi connectivity index (χ0v) is 11.4. The van der Waals surface area contributed by atoms with E-state index in [4.69, 9.17) is 0 Å². The van der Waals surface area contributed by atoms with Crippen LogP contribution in [0.3, 0.4) is 0 Å². The molecule has 2 aliphatic heterocycles. The van der Waals surface area contributed by atoms with Crippen LogP contribution in [0.2, 0.25) is 0 Å². The second-order valence-corrected chi connectivity index (χ2v) is 6.98. The van der Waals surface area contributed by atoms with Gasteiger partial charge in [-0.1, -0.05) is 0 Å². The van der Waals surface area contributed by atoms with E-state index in [1.54, 1.807) is 4.90 Å². The summed E-state index contributed by atoms with van der Waals surface area (Å²) < 4.78 is 24.5. The van der Waals surface area contributed by atoms with Crippen LogP contribution in [0.4, 0.5) is 0 Å². The van der Waals surface area contributed by atoms with Gasteiger partial charge in [0.2, 0.25) is 15.9 Å². The van der Waals surface area contributed by atoms with Crippen LogP contribution in [-0.2, 0) is 14.8 Å². The van der Waals surface area contributed by atoms with Crippen molar-refractivity contribution >= 4 is 15.9 Å². The Kier molecular flexibility index (Phi) is 3.93. The van der Waals surface area contributed by atoms with Gasteiger partial charge in [-0.2, -0.15) is 4.31 Å². The molecule has 0 radical (unpaired) electrons. The number of hydrogen-bond acceptors (Lipinski definition) is 4. The Morgan fingerprint density at radius 2 is 1.94 bits per heavy atom. The predicted octanol–water partition coefficient (Wildman–Crippen LogP) is -0.606. The molecule has 18 heavy (non-hydrogen) atoms. The van der Waals surface area contributed by atoms with Gasteiger partial charge in [-0.3, -0.25) is 4.79 Å². The van der Waals surface area contributed by atoms with Crippen molar-refractivity contribution in [1.82, 2.24) is 9.21 Å². The summed E-state index contributed by atoms with van der Waals surface area (Å²) in [6.07, 6.45) is 4.13. The Balaban J connectivity index is 2.13. The predicted molar refractivity (Wildman–Crippen MR) is 66.4 cm³/mol. The van der Waals surface area contributed by atoms with Gasteiger partial charge < -0.3 is 10.0 Å². The minimum Gasteiger partial charge on any atom is -0.394 e. The summed E-state index contributed by atoms with van der Waals surface area (Å²) in [6.45, 7) is 1.00. The SMILES string of the molecule is CS(=O)(=O)N1CCCC1C(=O)N1CCC[C@H]1CO. The van der Waals surface area contributed by atoms with Crippen LogP contribution in [0.1, 0.15) is 25.7 Å². The fourth-order valence-corrected chi connectivity index (χ4v) is 4.01. The van der Waals surface area contributed by atoms with Crippen molar-refractivity contribution in [3.63, 3.8) is 0 Å². The Morgan fingerprint density at radius 1 is 1.28 bits per heavy atom. The molecule has 7 heteroatoms. The molecule has 0 spiro atoms. The fraction of sp³-hybridized carbons (Fsp3) is 0.909. The molecule has 2 fully saturated rings. The number of carbonyl (C=O) groups is 1. The van der Waals surface area contributed by atoms with E-state index in [0.717, 1.165) is 25.5 Å². The second kappa shape index (κ2) is 5.14. The van der Waals surface area contributed by atoms with Gasteiger partial charge in [0.1, 0.15) is 6.04 Å². The van der Waals surface area contributed by atoms with Gasteiger partial charge in [0.05, 0.1) is 18.9 Å². The third-order valence-corrected chi connectivity index (χ3v) is 5.07. The topological polar surface area (TPSA) is 77.9 Å². The molecule has 2 rings (SSSR count). The van der Waals surface area contributed by atoms with Crippen molar-refractivity contribution in [3.05, 3.63) is 0 Å². The third-order valence-electron chi connectivity index (χ3n) is 3.79. The number of carbonyl (C=O) groups excluding carboxylic acids is 1. The quantitative estimate of drug-likeness (QED) is 0.746. The second-order valence-electron chi connectivity index (χ2n) is 5.04. The first kappa shape index (κ1) is 13.8. The molecule has 0 aromatic carbocycles. The van der Waals surface area contributed by atoms with Crippen molar-refractivity contribution < 1.29 is 18.3 Å². The Labute approximate surface area is 108 Å². The van der Waals surface area contributed by atoms with E-state index in [0.29, 0.717) is 19.5 Å². The van der Waals surface area contributed by atoms with Gasteiger partial charge in [0.15, 0.2) is 0 Å². The van der Waals surface area contributed by atoms with Crippen LogP contribution in [0.5, 0.6) is 0 Å². The van der Waals surface area contributed by atoms with E-state index in [1.165, 1.54) is 4.31 Å². The molecule has 2 aliphatic rings. The molecule has 2 saturated heterocycles. The van der Waals surface area contributed by atoms with Crippen LogP contribution in [-0.4, -0.2) is 66.7 Å². The largest absolute Gasteiger partial charge is 0.394 e. The summed E-state index contributed by atoms with van der Waals surface area (Å²) in [7, 11) is -3.33. The van der Waals surface area contributed by atoms with E-state index in [2.05, 4.69) is 0 Å². The lowest BCUT2D eigenvalue weighted by atomic mass is 10.2. The number of amides is 1. The zero-order valence-electron chi connectivity index (χ0n) is 10.6. The Bertz CT molecular complexity index is 423. The van der Waals surface area contributed by atoms with Gasteiger partial charge in [0.25, 0.3) is 0 Å². The number of aliphatic hydroxyl groups excluding tert-OH is 1. The summed E-state index contributed by atoms with van der Waals surface area (Å²) in [5, 5.41) is 9.23. The van der Waals surface area contributed by atoms with E-state index in [9.17, 15) is 18.3 Å². The molecular formula is C11H20N2O4S. The highest BCUT2D eigenvalue weighted by atomic mass is 32.2. The average Bonchev–Trinajstić information content (AvgIpc) is 2.95. The molecule has 1 amide bonds. The minimum absolute atomic E-state index is 0.0443. The molecule has 0 aromatic rings. The molecule has 1 N–H and O–H groups in total. The van der Waals surface area contributed by atoms with Crippen molar-refractivity contribution in [2.75, 3.05) is 26.0 Å². The highest BCUT2D eigenvalue weighted by molar-refractivity contribution is 7.88. The molecule has 0 bridgehead atoms. The minimum atomic E-state index is -3.33. The van der Waals surface area contributed by atoms with Crippen LogP contribution in [0, 0.1) is 0 Å². The van der Waals surface area contributed by atoms with Gasteiger partial charge in [-0.15, -0.1) is 0 Å². The summed E-state index contributed by atoms with van der Waals surface area (Å²) in [5.41, 5.74) is 0. The first-order valence-corrected chi connectivity index (χ1v) is 8.18. The molecule has 2 heterocycles. The number of sulfonamides is 1. The van der Waals surface area contributed by atoms with Crippen molar-refractivity contribution in [3.8, 4) is 0 Å². The van der Waals surface area contributed by atoms with Crippen LogP contribution < -0.4 is 0 Å². The maximum atomic E-state index is 12.4. The lowest BCUT2D eigenvalue weighted by Gasteiger charge is -2.29. The third kappa shape index (κ3) is 2.53. The maximum absolute atomic E-state index is 12.4. The van der Waals surface area contributed by atoms with E-state index in [1.807, 2.05) is 0 Å². The summed E-state index contributed by atoms with van der Waals surface area (Å²) in [4.78, 5) is 14.0. The van der Waals surface area contributed by atoms with Gasteiger partial charge in [0, 0.05) is 13.1 Å². The van der Waals surface area contributed by atoms with Crippen LogP contribution in [0.25, 0.3) is 0 Å². The van der Waals surface area contributed by atoms with Crippen LogP contribution >= 0.6 is 0 Å². The van der Waals surface area contributed by atoms with Gasteiger partial charge in [-0.25, -0.2) is 8.42 Å². The summed E-state index contributed by atoms with van der Waals surface area (Å²) in [5.74, 6) is -0.144. The van der Waals surface area contributed by atoms with Gasteiger partial charge in [-0.05, 0) is 25.7 Å². The molecule has 6 nitrogen and oxygen atoms in total. The number of hydrogen-bond donors (Lipinski definition) is 1. The first-order chi connectivity index (χ1) is 8.45. The molecule has 104 valence electrons. The lowest BCUT2D eigenvalue weighted by Crippen LogP contribution is -2.49. The smallest absolute Gasteiger partial charge is 0.241 e.